The average molecular weight is 200 g/mol. The molecule has 0 saturated carbocycles. The summed E-state index contributed by atoms with van der Waals surface area (Å²) in [6.07, 6.45) is 1.83. The van der Waals surface area contributed by atoms with Crippen LogP contribution in [0.4, 0.5) is 5.69 Å². The molecule has 2 aromatic rings. The van der Waals surface area contributed by atoms with Crippen LogP contribution in [0, 0.1) is 0 Å². The van der Waals surface area contributed by atoms with Crippen molar-refractivity contribution in [2.45, 2.75) is 11.6 Å². The van der Waals surface area contributed by atoms with Gasteiger partial charge in [-0.25, -0.2) is 0 Å². The Bertz CT molecular complexity index is 435. The first kappa shape index (κ1) is 9.51. The quantitative estimate of drug-likeness (QED) is 0.754. The van der Waals surface area contributed by atoms with Crippen molar-refractivity contribution in [2.24, 2.45) is 0 Å². The lowest BCUT2D eigenvalue weighted by molar-refractivity contribution is 1.41. The van der Waals surface area contributed by atoms with Crippen LogP contribution in [0.25, 0.3) is 10.9 Å². The Morgan fingerprint density at radius 1 is 1.14 bits per heavy atom. The second-order valence-corrected chi connectivity index (χ2v) is 6.27. The third kappa shape index (κ3) is 1.89. The molecule has 2 rings (SSSR count). The number of anilines is 1. The van der Waals surface area contributed by atoms with Gasteiger partial charge < -0.3 is 4.30 Å². The van der Waals surface area contributed by atoms with Crippen LogP contribution in [0.15, 0.2) is 36.5 Å². The van der Waals surface area contributed by atoms with Crippen molar-refractivity contribution < 1.29 is 0 Å². The SMILES string of the molecule is [CH3][Al]([CH3])[NH]c1cccc2ncccc12. The van der Waals surface area contributed by atoms with E-state index in [1.165, 1.54) is 11.1 Å². The maximum Gasteiger partial charge on any atom is 0.404 e. The molecule has 0 amide bonds. The molecule has 2 nitrogen and oxygen atoms in total. The van der Waals surface area contributed by atoms with Crippen LogP contribution in [0.3, 0.4) is 0 Å². The van der Waals surface area contributed by atoms with Gasteiger partial charge in [0.15, 0.2) is 0 Å². The lowest BCUT2D eigenvalue weighted by atomic mass is 10.2. The van der Waals surface area contributed by atoms with Crippen LogP contribution in [-0.2, 0) is 0 Å². The molecule has 1 aromatic carbocycles. The summed E-state index contributed by atoms with van der Waals surface area (Å²) in [6, 6.07) is 10.3. The van der Waals surface area contributed by atoms with Gasteiger partial charge in [0.05, 0.1) is 5.52 Å². The third-order valence-corrected chi connectivity index (χ3v) is 2.98. The molecule has 3 heteroatoms. The second-order valence-electron chi connectivity index (χ2n) is 3.67. The number of hydrogen-bond acceptors (Lipinski definition) is 2. The van der Waals surface area contributed by atoms with E-state index in [1.807, 2.05) is 18.3 Å². The highest BCUT2D eigenvalue weighted by Crippen LogP contribution is 2.21. The van der Waals surface area contributed by atoms with Crippen LogP contribution in [0.2, 0.25) is 11.6 Å². The number of benzene rings is 1. The van der Waals surface area contributed by atoms with Gasteiger partial charge in [0.25, 0.3) is 0 Å². The molecule has 0 spiro atoms. The highest BCUT2D eigenvalue weighted by Gasteiger charge is 2.05. The number of nitrogens with zero attached hydrogens (tertiary/aromatic N) is 1. The zero-order valence-electron chi connectivity index (χ0n) is 8.49. The summed E-state index contributed by atoms with van der Waals surface area (Å²) in [5, 5.41) is 1.22. The Hall–Kier alpha value is -1.04. The molecule has 1 N–H and O–H groups in total. The van der Waals surface area contributed by atoms with Gasteiger partial charge >= 0.3 is 14.4 Å². The number of nitrogens with one attached hydrogen (secondary N) is 1. The lowest BCUT2D eigenvalue weighted by Crippen LogP contribution is -2.15. The maximum atomic E-state index is 4.32. The number of fused-ring (bicyclic) bond motifs is 1. The predicted molar refractivity (Wildman–Crippen MR) is 62.8 cm³/mol. The van der Waals surface area contributed by atoms with Crippen molar-refractivity contribution in [3.05, 3.63) is 36.5 Å². The van der Waals surface area contributed by atoms with E-state index in [2.05, 4.69) is 39.1 Å². The van der Waals surface area contributed by atoms with Gasteiger partial charge in [-0.15, -0.1) is 0 Å². The van der Waals surface area contributed by atoms with Crippen molar-refractivity contribution in [2.75, 3.05) is 4.30 Å². The van der Waals surface area contributed by atoms with Gasteiger partial charge in [-0.2, -0.15) is 0 Å². The fourth-order valence-electron chi connectivity index (χ4n) is 1.54. The van der Waals surface area contributed by atoms with Crippen molar-refractivity contribution in [1.29, 1.82) is 0 Å². The predicted octanol–water partition coefficient (Wildman–Crippen LogP) is 2.90. The van der Waals surface area contributed by atoms with Gasteiger partial charge in [-0.1, -0.05) is 17.6 Å². The van der Waals surface area contributed by atoms with E-state index in [0.717, 1.165) is 5.52 Å². The minimum Gasteiger partial charge on any atom is -0.476 e. The van der Waals surface area contributed by atoms with Crippen LogP contribution < -0.4 is 4.30 Å². The molecule has 0 fully saturated rings. The van der Waals surface area contributed by atoms with Crippen LogP contribution in [0.5, 0.6) is 0 Å². The molecule has 0 radical (unpaired) electrons. The van der Waals surface area contributed by atoms with E-state index >= 15 is 0 Å². The molecule has 70 valence electrons. The molecule has 1 heterocycles. The summed E-state index contributed by atoms with van der Waals surface area (Å²) in [5.74, 6) is 4.55. The Balaban J connectivity index is 2.53. The summed E-state index contributed by atoms with van der Waals surface area (Å²) in [5.41, 5.74) is 2.28. The van der Waals surface area contributed by atoms with Crippen LogP contribution >= 0.6 is 0 Å². The van der Waals surface area contributed by atoms with E-state index < -0.39 is 14.4 Å². The zero-order valence-corrected chi connectivity index (χ0v) is 9.64. The molecular weight excluding hydrogens is 187 g/mol. The third-order valence-electron chi connectivity index (χ3n) is 2.09. The normalized spacial score (nSPS) is 10.1. The Morgan fingerprint density at radius 2 is 2.00 bits per heavy atom. The molecule has 0 aliphatic carbocycles. The minimum atomic E-state index is -0.783. The molecule has 0 unspecified atom stereocenters. The molecule has 0 atom stereocenters. The first-order valence-electron chi connectivity index (χ1n) is 4.87. The summed E-state index contributed by atoms with van der Waals surface area (Å²) >= 11 is -0.783. The molecule has 0 aliphatic rings. The molecule has 0 aliphatic heterocycles. The topological polar surface area (TPSA) is 24.9 Å². The lowest BCUT2D eigenvalue weighted by Gasteiger charge is -2.09. The molecule has 1 aromatic heterocycles. The number of rotatable bonds is 2. The van der Waals surface area contributed by atoms with E-state index in [0.29, 0.717) is 0 Å². The second kappa shape index (κ2) is 4.00. The molecule has 0 bridgehead atoms. The van der Waals surface area contributed by atoms with E-state index in [4.69, 9.17) is 0 Å². The highest BCUT2D eigenvalue weighted by molar-refractivity contribution is 6.59. The van der Waals surface area contributed by atoms with Gasteiger partial charge in [0, 0.05) is 17.3 Å². The fourth-order valence-corrected chi connectivity index (χ4v) is 2.41. The summed E-state index contributed by atoms with van der Waals surface area (Å²) < 4.78 is 3.55. The van der Waals surface area contributed by atoms with Crippen LogP contribution in [0.1, 0.15) is 0 Å². The average Bonchev–Trinajstić information content (AvgIpc) is 2.18. The van der Waals surface area contributed by atoms with Gasteiger partial charge in [-0.05, 0) is 24.3 Å². The smallest absolute Gasteiger partial charge is 0.404 e. The summed E-state index contributed by atoms with van der Waals surface area (Å²) in [6.45, 7) is 0. The Morgan fingerprint density at radius 3 is 2.79 bits per heavy atom. The summed E-state index contributed by atoms with van der Waals surface area (Å²) in [4.78, 5) is 4.32. The van der Waals surface area contributed by atoms with E-state index in [-0.39, 0.29) is 0 Å². The fraction of sp³-hybridized carbons (Fsp3) is 0.182. The largest absolute Gasteiger partial charge is 0.476 e. The van der Waals surface area contributed by atoms with E-state index in [1.54, 1.807) is 0 Å². The van der Waals surface area contributed by atoms with Gasteiger partial charge in [0.2, 0.25) is 0 Å². The molecular formula is C11H13AlN2. The Kier molecular flexibility index (Phi) is 2.72. The number of aromatic nitrogens is 1. The Labute approximate surface area is 88.6 Å². The first-order valence-corrected chi connectivity index (χ1v) is 7.76. The maximum absolute atomic E-state index is 4.32. The van der Waals surface area contributed by atoms with Crippen molar-refractivity contribution in [1.82, 2.24) is 4.98 Å². The van der Waals surface area contributed by atoms with Gasteiger partial charge in [0.1, 0.15) is 0 Å². The monoisotopic (exact) mass is 200 g/mol. The van der Waals surface area contributed by atoms with Crippen LogP contribution in [-0.4, -0.2) is 19.4 Å². The molecule has 0 saturated heterocycles. The minimum absolute atomic E-state index is 0.783. The van der Waals surface area contributed by atoms with Crippen molar-refractivity contribution in [3.8, 4) is 0 Å². The zero-order chi connectivity index (χ0) is 9.97. The van der Waals surface area contributed by atoms with Gasteiger partial charge in [-0.3, -0.25) is 4.98 Å². The van der Waals surface area contributed by atoms with E-state index in [9.17, 15) is 0 Å². The van der Waals surface area contributed by atoms with Crippen molar-refractivity contribution in [3.63, 3.8) is 0 Å². The number of hydrogen-bond donors (Lipinski definition) is 1. The first-order chi connectivity index (χ1) is 6.77. The van der Waals surface area contributed by atoms with Crippen molar-refractivity contribution >= 4 is 31.0 Å². The molecule has 14 heavy (non-hydrogen) atoms. The number of pyridine rings is 1. The highest BCUT2D eigenvalue weighted by atomic mass is 27.2. The standard InChI is InChI=1S/C9H7N2.2CH3.Al/c10-8-4-1-5-9-7(8)3-2-6-11-9;;;/h1-6,10H;2*1H3;/q-1;;;+1. The summed E-state index contributed by atoms with van der Waals surface area (Å²) in [7, 11) is 0.